The molecule has 31 heavy (non-hydrogen) atoms. The van der Waals surface area contributed by atoms with Gasteiger partial charge in [0.25, 0.3) is 5.91 Å². The fraction of sp³-hybridized carbons (Fsp3) is 0.286. The zero-order valence-corrected chi connectivity index (χ0v) is 17.5. The molecule has 10 heteroatoms. The SMILES string of the molecule is C[C@@H](Oc1cc2c3c(c1)nc(-c1cc4sc(N)nc4cc1F)n3CCCCO2)C(N)=O. The van der Waals surface area contributed by atoms with Crippen molar-refractivity contribution in [3.05, 3.63) is 30.1 Å². The quantitative estimate of drug-likeness (QED) is 0.501. The van der Waals surface area contributed by atoms with E-state index in [1.807, 2.05) is 4.57 Å². The summed E-state index contributed by atoms with van der Waals surface area (Å²) in [6, 6.07) is 6.55. The number of nitrogen functional groups attached to an aromatic ring is 1. The molecule has 0 spiro atoms. The number of fused-ring (bicyclic) bond motifs is 1. The Kier molecular flexibility index (Phi) is 4.66. The van der Waals surface area contributed by atoms with Gasteiger partial charge in [0.15, 0.2) is 11.2 Å². The molecule has 5 rings (SSSR count). The summed E-state index contributed by atoms with van der Waals surface area (Å²) in [4.78, 5) is 20.3. The highest BCUT2D eigenvalue weighted by Crippen LogP contribution is 2.38. The van der Waals surface area contributed by atoms with Gasteiger partial charge in [0.1, 0.15) is 28.7 Å². The zero-order chi connectivity index (χ0) is 21.7. The highest BCUT2D eigenvalue weighted by molar-refractivity contribution is 7.22. The summed E-state index contributed by atoms with van der Waals surface area (Å²) in [6.07, 6.45) is 0.900. The second-order valence-corrected chi connectivity index (χ2v) is 8.51. The lowest BCUT2D eigenvalue weighted by molar-refractivity contribution is -0.123. The van der Waals surface area contributed by atoms with Crippen LogP contribution in [0.1, 0.15) is 19.8 Å². The number of amides is 1. The van der Waals surface area contributed by atoms with Crippen LogP contribution in [0.2, 0.25) is 0 Å². The number of hydrogen-bond donors (Lipinski definition) is 2. The average Bonchev–Trinajstić information content (AvgIpc) is 3.23. The number of thiazole rings is 1. The van der Waals surface area contributed by atoms with Gasteiger partial charge < -0.3 is 25.5 Å². The minimum atomic E-state index is -0.809. The van der Waals surface area contributed by atoms with E-state index in [1.165, 1.54) is 17.4 Å². The first-order valence-corrected chi connectivity index (χ1v) is 10.7. The van der Waals surface area contributed by atoms with Gasteiger partial charge in [-0.15, -0.1) is 0 Å². The normalized spacial score (nSPS) is 14.8. The number of nitrogens with two attached hydrogens (primary N) is 2. The number of benzene rings is 2. The summed E-state index contributed by atoms with van der Waals surface area (Å²) >= 11 is 1.30. The van der Waals surface area contributed by atoms with Crippen LogP contribution in [-0.4, -0.2) is 33.2 Å². The summed E-state index contributed by atoms with van der Waals surface area (Å²) in [5.74, 6) is 0.484. The van der Waals surface area contributed by atoms with Crippen LogP contribution in [0, 0.1) is 5.82 Å². The number of carbonyl (C=O) groups excluding carboxylic acids is 1. The Balaban J connectivity index is 1.71. The van der Waals surface area contributed by atoms with Gasteiger partial charge in [0.2, 0.25) is 0 Å². The van der Waals surface area contributed by atoms with Crippen LogP contribution in [0.5, 0.6) is 11.5 Å². The second-order valence-electron chi connectivity index (χ2n) is 7.45. The minimum Gasteiger partial charge on any atom is -0.491 e. The Morgan fingerprint density at radius 1 is 1.26 bits per heavy atom. The maximum atomic E-state index is 15.1. The van der Waals surface area contributed by atoms with Gasteiger partial charge in [-0.1, -0.05) is 11.3 Å². The Labute approximate surface area is 180 Å². The van der Waals surface area contributed by atoms with Crippen molar-refractivity contribution in [2.75, 3.05) is 12.3 Å². The number of imidazole rings is 1. The van der Waals surface area contributed by atoms with Crippen molar-refractivity contribution in [3.8, 4) is 22.9 Å². The van der Waals surface area contributed by atoms with E-state index < -0.39 is 17.8 Å². The number of primary amides is 1. The molecule has 0 unspecified atom stereocenters. The average molecular weight is 441 g/mol. The molecule has 0 bridgehead atoms. The molecule has 2 aromatic heterocycles. The predicted molar refractivity (Wildman–Crippen MR) is 117 cm³/mol. The molecule has 3 heterocycles. The maximum absolute atomic E-state index is 15.1. The summed E-state index contributed by atoms with van der Waals surface area (Å²) in [5, 5.41) is 0.385. The van der Waals surface area contributed by atoms with Crippen molar-refractivity contribution < 1.29 is 18.7 Å². The molecule has 160 valence electrons. The Hall–Kier alpha value is -3.40. The first-order valence-electron chi connectivity index (χ1n) is 9.89. The molecular weight excluding hydrogens is 421 g/mol. The van der Waals surface area contributed by atoms with E-state index in [0.717, 1.165) is 23.1 Å². The van der Waals surface area contributed by atoms with Crippen molar-refractivity contribution in [3.63, 3.8) is 0 Å². The van der Waals surface area contributed by atoms with Crippen LogP contribution in [0.25, 0.3) is 32.6 Å². The zero-order valence-electron chi connectivity index (χ0n) is 16.7. The lowest BCUT2D eigenvalue weighted by Gasteiger charge is -2.18. The molecule has 1 amide bonds. The largest absolute Gasteiger partial charge is 0.491 e. The van der Waals surface area contributed by atoms with Gasteiger partial charge in [0, 0.05) is 24.7 Å². The molecule has 1 aliphatic heterocycles. The topological polar surface area (TPSA) is 118 Å². The molecule has 4 N–H and O–H groups in total. The smallest absolute Gasteiger partial charge is 0.258 e. The van der Waals surface area contributed by atoms with Crippen molar-refractivity contribution in [2.45, 2.75) is 32.4 Å². The number of nitrogens with zero attached hydrogens (tertiary/aromatic N) is 3. The van der Waals surface area contributed by atoms with Gasteiger partial charge in [-0.05, 0) is 25.8 Å². The van der Waals surface area contributed by atoms with E-state index in [1.54, 1.807) is 25.1 Å². The number of rotatable bonds is 4. The van der Waals surface area contributed by atoms with E-state index in [-0.39, 0.29) is 0 Å². The lowest BCUT2D eigenvalue weighted by atomic mass is 10.1. The Morgan fingerprint density at radius 3 is 2.90 bits per heavy atom. The summed E-state index contributed by atoms with van der Waals surface area (Å²) < 4.78 is 29.4. The fourth-order valence-corrected chi connectivity index (χ4v) is 4.52. The van der Waals surface area contributed by atoms with Gasteiger partial charge in [-0.25, -0.2) is 14.4 Å². The Bertz CT molecular complexity index is 1330. The predicted octanol–water partition coefficient (Wildman–Crippen LogP) is 3.46. The molecule has 4 aromatic rings. The number of ether oxygens (including phenoxy) is 2. The number of hydrogen-bond acceptors (Lipinski definition) is 7. The van der Waals surface area contributed by atoms with Gasteiger partial charge in [-0.2, -0.15) is 0 Å². The van der Waals surface area contributed by atoms with Crippen molar-refractivity contribution in [1.29, 1.82) is 0 Å². The molecule has 1 aliphatic rings. The lowest BCUT2D eigenvalue weighted by Crippen LogP contribution is -2.30. The molecule has 0 aliphatic carbocycles. The molecule has 2 aromatic carbocycles. The van der Waals surface area contributed by atoms with Crippen LogP contribution in [0.3, 0.4) is 0 Å². The summed E-state index contributed by atoms with van der Waals surface area (Å²) in [7, 11) is 0. The van der Waals surface area contributed by atoms with Gasteiger partial charge in [-0.3, -0.25) is 4.79 Å². The third-order valence-electron chi connectivity index (χ3n) is 5.26. The first kappa shape index (κ1) is 19.6. The van der Waals surface area contributed by atoms with E-state index in [9.17, 15) is 4.79 Å². The molecule has 0 saturated carbocycles. The third-order valence-corrected chi connectivity index (χ3v) is 6.11. The number of anilines is 1. The molecule has 0 radical (unpaired) electrons. The van der Waals surface area contributed by atoms with Crippen molar-refractivity contribution in [2.24, 2.45) is 5.73 Å². The van der Waals surface area contributed by atoms with Crippen LogP contribution in [0.15, 0.2) is 24.3 Å². The van der Waals surface area contributed by atoms with E-state index in [4.69, 9.17) is 25.9 Å². The van der Waals surface area contributed by atoms with E-state index in [0.29, 0.717) is 52.2 Å². The highest BCUT2D eigenvalue weighted by Gasteiger charge is 2.23. The fourth-order valence-electron chi connectivity index (χ4n) is 3.76. The minimum absolute atomic E-state index is 0.367. The summed E-state index contributed by atoms with van der Waals surface area (Å²) in [5.41, 5.74) is 13.4. The van der Waals surface area contributed by atoms with E-state index in [2.05, 4.69) is 4.98 Å². The van der Waals surface area contributed by atoms with E-state index >= 15 is 4.39 Å². The molecule has 8 nitrogen and oxygen atoms in total. The first-order chi connectivity index (χ1) is 14.9. The van der Waals surface area contributed by atoms with Crippen LogP contribution in [-0.2, 0) is 11.3 Å². The number of carbonyl (C=O) groups is 1. The maximum Gasteiger partial charge on any atom is 0.258 e. The second kappa shape index (κ2) is 7.38. The van der Waals surface area contributed by atoms with Crippen LogP contribution in [0.4, 0.5) is 9.52 Å². The number of halogens is 1. The molecule has 0 fully saturated rings. The third kappa shape index (κ3) is 3.42. The standard InChI is InChI=1S/C21H20FN5O3S/c1-10(19(23)28)30-11-6-15-18-16(7-11)29-5-3-2-4-27(18)20(25-15)12-8-17-14(9-13(12)22)26-21(24)31-17/h6-10H,2-5H2,1H3,(H2,23,28)(H2,24,26)/t10-/m1/s1. The monoisotopic (exact) mass is 441 g/mol. The molecule has 0 saturated heterocycles. The van der Waals surface area contributed by atoms with Crippen LogP contribution < -0.4 is 20.9 Å². The highest BCUT2D eigenvalue weighted by atomic mass is 32.1. The molecular formula is C21H20FN5O3S. The Morgan fingerprint density at radius 2 is 2.10 bits per heavy atom. The van der Waals surface area contributed by atoms with Gasteiger partial charge in [0.05, 0.1) is 27.9 Å². The van der Waals surface area contributed by atoms with Crippen LogP contribution >= 0.6 is 11.3 Å². The van der Waals surface area contributed by atoms with Gasteiger partial charge >= 0.3 is 0 Å². The molecule has 1 atom stereocenters. The number of aromatic nitrogens is 3. The number of aryl methyl sites for hydroxylation is 1. The summed E-state index contributed by atoms with van der Waals surface area (Å²) in [6.45, 7) is 2.79. The van der Waals surface area contributed by atoms with Crippen molar-refractivity contribution in [1.82, 2.24) is 14.5 Å². The van der Waals surface area contributed by atoms with Crippen molar-refractivity contribution >= 4 is 43.6 Å².